The van der Waals surface area contributed by atoms with Crippen molar-refractivity contribution in [2.24, 2.45) is 0 Å². The average Bonchev–Trinajstić information content (AvgIpc) is 3.30. The maximum Gasteiger partial charge on any atom is 0.335 e. The van der Waals surface area contributed by atoms with Gasteiger partial charge in [0.05, 0.1) is 19.4 Å². The van der Waals surface area contributed by atoms with Gasteiger partial charge in [0, 0.05) is 31.8 Å². The number of rotatable bonds is 8. The second-order valence-electron chi connectivity index (χ2n) is 7.94. The van der Waals surface area contributed by atoms with E-state index in [2.05, 4.69) is 5.32 Å². The van der Waals surface area contributed by atoms with Gasteiger partial charge in [0.25, 0.3) is 11.5 Å². The number of carbonyl (C=O) groups is 1. The molecule has 1 aromatic heterocycles. The van der Waals surface area contributed by atoms with Gasteiger partial charge in [-0.15, -0.1) is 0 Å². The van der Waals surface area contributed by atoms with Crippen LogP contribution in [0.15, 0.2) is 58.3 Å². The highest BCUT2D eigenvalue weighted by Crippen LogP contribution is 2.25. The molecule has 1 amide bonds. The Labute approximate surface area is 191 Å². The molecule has 1 aliphatic rings. The lowest BCUT2D eigenvalue weighted by atomic mass is 10.1. The highest BCUT2D eigenvalue weighted by molar-refractivity contribution is 5.93. The number of methoxy groups -OCH3 is 1. The second kappa shape index (κ2) is 9.77. The molecule has 4 rings (SSSR count). The molecule has 3 aromatic rings. The van der Waals surface area contributed by atoms with Crippen LogP contribution in [-0.4, -0.2) is 28.8 Å². The first kappa shape index (κ1) is 22.4. The first-order chi connectivity index (χ1) is 16.0. The number of fused-ring (bicyclic) bond motifs is 1. The van der Waals surface area contributed by atoms with E-state index >= 15 is 0 Å². The van der Waals surface area contributed by atoms with Gasteiger partial charge < -0.3 is 14.8 Å². The lowest BCUT2D eigenvalue weighted by Crippen LogP contribution is -2.43. The van der Waals surface area contributed by atoms with E-state index in [1.807, 2.05) is 25.1 Å². The van der Waals surface area contributed by atoms with E-state index in [0.717, 1.165) is 40.7 Å². The van der Waals surface area contributed by atoms with Crippen molar-refractivity contribution < 1.29 is 14.3 Å². The summed E-state index contributed by atoms with van der Waals surface area (Å²) in [5.41, 5.74) is 1.13. The summed E-state index contributed by atoms with van der Waals surface area (Å²) in [7, 11) is 1.51. The summed E-state index contributed by atoms with van der Waals surface area (Å²) < 4.78 is 13.2. The highest BCUT2D eigenvalue weighted by Gasteiger charge is 2.19. The average molecular weight is 450 g/mol. The monoisotopic (exact) mass is 449 g/mol. The Morgan fingerprint density at radius 3 is 2.82 bits per heavy atom. The molecule has 0 saturated heterocycles. The number of hydrogen-bond acceptors (Lipinski definition) is 5. The molecule has 0 aliphatic carbocycles. The largest absolute Gasteiger partial charge is 0.497 e. The Hall–Kier alpha value is -3.81. The Kier molecular flexibility index (Phi) is 6.63. The van der Waals surface area contributed by atoms with Gasteiger partial charge in [-0.05, 0) is 35.7 Å². The summed E-state index contributed by atoms with van der Waals surface area (Å²) in [6, 6.07) is 12.4. The molecule has 2 aromatic carbocycles. The van der Waals surface area contributed by atoms with E-state index < -0.39 is 17.2 Å². The molecule has 33 heavy (non-hydrogen) atoms. The Balaban J connectivity index is 1.68. The third kappa shape index (κ3) is 4.69. The molecule has 0 spiro atoms. The molecule has 0 fully saturated rings. The zero-order chi connectivity index (χ0) is 23.4. The van der Waals surface area contributed by atoms with Crippen LogP contribution in [0.2, 0.25) is 0 Å². The van der Waals surface area contributed by atoms with Gasteiger partial charge in [-0.1, -0.05) is 31.5 Å². The fourth-order valence-corrected chi connectivity index (χ4v) is 3.85. The fourth-order valence-electron chi connectivity index (χ4n) is 3.85. The number of benzene rings is 2. The normalized spacial score (nSPS) is 12.2. The fraction of sp³-hybridized carbons (Fsp3) is 0.320. The molecule has 0 bridgehead atoms. The summed E-state index contributed by atoms with van der Waals surface area (Å²) in [6.07, 6.45) is 3.82. The van der Waals surface area contributed by atoms with E-state index in [-0.39, 0.29) is 12.1 Å². The van der Waals surface area contributed by atoms with Crippen molar-refractivity contribution >= 4 is 5.91 Å². The zero-order valence-corrected chi connectivity index (χ0v) is 18.8. The Morgan fingerprint density at radius 2 is 2.03 bits per heavy atom. The predicted molar refractivity (Wildman–Crippen MR) is 125 cm³/mol. The third-order valence-corrected chi connectivity index (χ3v) is 5.67. The minimum atomic E-state index is -0.666. The smallest absolute Gasteiger partial charge is 0.335 e. The summed E-state index contributed by atoms with van der Waals surface area (Å²) >= 11 is 0. The quantitative estimate of drug-likeness (QED) is 0.571. The molecule has 0 radical (unpaired) electrons. The van der Waals surface area contributed by atoms with Crippen molar-refractivity contribution in [1.29, 1.82) is 0 Å². The first-order valence-electron chi connectivity index (χ1n) is 11.1. The Morgan fingerprint density at radius 1 is 1.18 bits per heavy atom. The van der Waals surface area contributed by atoms with Crippen molar-refractivity contribution in [2.45, 2.75) is 39.3 Å². The number of amides is 1. The standard InChI is InChI=1S/C25H27N3O5/c1-3-4-11-27-16-21(23(29)26-15-17-8-9-22-18(13-17)10-12-33-22)24(30)28(25(27)31)19-6-5-7-20(14-19)32-2/h5-9,13-14,16H,3-4,10-12,15H2,1-2H3,(H,26,29). The summed E-state index contributed by atoms with van der Waals surface area (Å²) in [5, 5.41) is 2.82. The lowest BCUT2D eigenvalue weighted by molar-refractivity contribution is 0.0948. The van der Waals surface area contributed by atoms with Crippen LogP contribution in [0.25, 0.3) is 5.69 Å². The summed E-state index contributed by atoms with van der Waals surface area (Å²) in [5.74, 6) is 0.849. The number of aryl methyl sites for hydroxylation is 1. The number of unbranched alkanes of at least 4 members (excludes halogenated alkanes) is 1. The van der Waals surface area contributed by atoms with E-state index in [1.54, 1.807) is 24.3 Å². The predicted octanol–water partition coefficient (Wildman–Crippen LogP) is 2.67. The highest BCUT2D eigenvalue weighted by atomic mass is 16.5. The summed E-state index contributed by atoms with van der Waals surface area (Å²) in [4.78, 5) is 39.4. The van der Waals surface area contributed by atoms with Crippen LogP contribution >= 0.6 is 0 Å². The maximum absolute atomic E-state index is 13.3. The lowest BCUT2D eigenvalue weighted by Gasteiger charge is -2.14. The van der Waals surface area contributed by atoms with Gasteiger partial charge in [0.2, 0.25) is 0 Å². The van der Waals surface area contributed by atoms with Gasteiger partial charge in [0.15, 0.2) is 0 Å². The second-order valence-corrected chi connectivity index (χ2v) is 7.94. The number of hydrogen-bond donors (Lipinski definition) is 1. The van der Waals surface area contributed by atoms with Crippen LogP contribution in [0.4, 0.5) is 0 Å². The number of carbonyl (C=O) groups excluding carboxylic acids is 1. The van der Waals surface area contributed by atoms with Crippen LogP contribution in [0.3, 0.4) is 0 Å². The molecule has 2 heterocycles. The maximum atomic E-state index is 13.3. The summed E-state index contributed by atoms with van der Waals surface area (Å²) in [6.45, 7) is 3.34. The van der Waals surface area contributed by atoms with Crippen LogP contribution in [0.1, 0.15) is 41.3 Å². The Bertz CT molecular complexity index is 1290. The van der Waals surface area contributed by atoms with Crippen LogP contribution in [0.5, 0.6) is 11.5 Å². The van der Waals surface area contributed by atoms with Crippen LogP contribution < -0.4 is 26.0 Å². The van der Waals surface area contributed by atoms with Gasteiger partial charge >= 0.3 is 5.69 Å². The van der Waals surface area contributed by atoms with Crippen molar-refractivity contribution in [3.8, 4) is 17.2 Å². The van der Waals surface area contributed by atoms with Gasteiger partial charge in [0.1, 0.15) is 17.1 Å². The molecular formula is C25H27N3O5. The van der Waals surface area contributed by atoms with Crippen molar-refractivity contribution in [3.63, 3.8) is 0 Å². The molecule has 1 aliphatic heterocycles. The SMILES string of the molecule is CCCCn1cc(C(=O)NCc2ccc3c(c2)CCO3)c(=O)n(-c2cccc(OC)c2)c1=O. The van der Waals surface area contributed by atoms with E-state index in [4.69, 9.17) is 9.47 Å². The van der Waals surface area contributed by atoms with Gasteiger partial charge in [-0.2, -0.15) is 0 Å². The minimum absolute atomic E-state index is 0.0852. The number of aromatic nitrogens is 2. The molecule has 0 unspecified atom stereocenters. The van der Waals surface area contributed by atoms with Crippen LogP contribution in [0, 0.1) is 0 Å². The first-order valence-corrected chi connectivity index (χ1v) is 11.1. The van der Waals surface area contributed by atoms with E-state index in [1.165, 1.54) is 17.9 Å². The van der Waals surface area contributed by atoms with Gasteiger partial charge in [-0.3, -0.25) is 14.2 Å². The molecule has 8 nitrogen and oxygen atoms in total. The number of nitrogens with one attached hydrogen (secondary N) is 1. The molecular weight excluding hydrogens is 422 g/mol. The number of nitrogens with zero attached hydrogens (tertiary/aromatic N) is 2. The van der Waals surface area contributed by atoms with E-state index in [9.17, 15) is 14.4 Å². The van der Waals surface area contributed by atoms with Gasteiger partial charge in [-0.25, -0.2) is 9.36 Å². The molecule has 172 valence electrons. The van der Waals surface area contributed by atoms with Crippen LogP contribution in [-0.2, 0) is 19.5 Å². The molecule has 8 heteroatoms. The van der Waals surface area contributed by atoms with Crippen molar-refractivity contribution in [3.05, 3.63) is 86.2 Å². The minimum Gasteiger partial charge on any atom is -0.497 e. The van der Waals surface area contributed by atoms with Crippen molar-refractivity contribution in [1.82, 2.24) is 14.5 Å². The van der Waals surface area contributed by atoms with Crippen molar-refractivity contribution in [2.75, 3.05) is 13.7 Å². The zero-order valence-electron chi connectivity index (χ0n) is 18.8. The topological polar surface area (TPSA) is 91.6 Å². The molecule has 0 saturated carbocycles. The molecule has 0 atom stereocenters. The number of ether oxygens (including phenoxy) is 2. The molecule has 1 N–H and O–H groups in total. The van der Waals surface area contributed by atoms with E-state index in [0.29, 0.717) is 24.6 Å². The third-order valence-electron chi connectivity index (χ3n) is 5.67.